The van der Waals surface area contributed by atoms with Crippen LogP contribution in [0, 0.1) is 5.82 Å². The van der Waals surface area contributed by atoms with E-state index in [1.165, 1.54) is 27.6 Å². The fraction of sp³-hybridized carbons (Fsp3) is 0.111. The number of hydrogen-bond donors (Lipinski definition) is 0. The van der Waals surface area contributed by atoms with Crippen molar-refractivity contribution in [3.8, 4) is 0 Å². The van der Waals surface area contributed by atoms with Crippen LogP contribution in [0.4, 0.5) is 4.39 Å². The topological polar surface area (TPSA) is 44.0 Å². The van der Waals surface area contributed by atoms with Gasteiger partial charge in [0, 0.05) is 23.0 Å². The molecular weight excluding hydrogens is 331 g/mol. The minimum atomic E-state index is -0.685. The molecule has 3 rings (SSSR count). The van der Waals surface area contributed by atoms with Gasteiger partial charge in [-0.15, -0.1) is 0 Å². The molecule has 0 fully saturated rings. The molecule has 3 aromatic rings. The molecule has 4 nitrogen and oxygen atoms in total. The number of halogens is 2. The largest absolute Gasteiger partial charge is 0.316 e. The third-order valence-electron chi connectivity index (χ3n) is 3.70. The highest BCUT2D eigenvalue weighted by Gasteiger charge is 2.08. The van der Waals surface area contributed by atoms with Crippen LogP contribution in [0.5, 0.6) is 0 Å². The van der Waals surface area contributed by atoms with Gasteiger partial charge in [-0.25, -0.2) is 4.39 Å². The molecule has 0 radical (unpaired) electrons. The van der Waals surface area contributed by atoms with E-state index in [2.05, 4.69) is 0 Å². The van der Waals surface area contributed by atoms with E-state index < -0.39 is 16.9 Å². The van der Waals surface area contributed by atoms with Gasteiger partial charge in [0.2, 0.25) is 0 Å². The number of aromatic nitrogens is 2. The van der Waals surface area contributed by atoms with Gasteiger partial charge >= 0.3 is 11.1 Å². The fourth-order valence-corrected chi connectivity index (χ4v) is 2.51. The van der Waals surface area contributed by atoms with Crippen molar-refractivity contribution in [3.63, 3.8) is 0 Å². The molecule has 2 aromatic carbocycles. The van der Waals surface area contributed by atoms with Gasteiger partial charge in [-0.2, -0.15) is 0 Å². The van der Waals surface area contributed by atoms with Crippen molar-refractivity contribution in [3.05, 3.63) is 104 Å². The van der Waals surface area contributed by atoms with Crippen LogP contribution in [0.3, 0.4) is 0 Å². The molecule has 0 saturated carbocycles. The van der Waals surface area contributed by atoms with Crippen LogP contribution >= 0.6 is 11.6 Å². The molecule has 0 unspecified atom stereocenters. The first kappa shape index (κ1) is 16.2. The summed E-state index contributed by atoms with van der Waals surface area (Å²) < 4.78 is 16.2. The van der Waals surface area contributed by atoms with Crippen LogP contribution in [0.15, 0.2) is 70.5 Å². The molecule has 0 atom stereocenters. The number of nitrogens with zero attached hydrogens (tertiary/aromatic N) is 2. The average molecular weight is 345 g/mol. The van der Waals surface area contributed by atoms with Crippen LogP contribution in [0.2, 0.25) is 5.02 Å². The summed E-state index contributed by atoms with van der Waals surface area (Å²) in [5, 5.41) is 0.603. The zero-order valence-corrected chi connectivity index (χ0v) is 13.4. The molecule has 0 aliphatic carbocycles. The first-order chi connectivity index (χ1) is 11.5. The molecular formula is C18H14ClFN2O2. The van der Waals surface area contributed by atoms with Crippen molar-refractivity contribution in [2.75, 3.05) is 0 Å². The van der Waals surface area contributed by atoms with E-state index in [0.29, 0.717) is 10.6 Å². The smallest absolute Gasteiger partial charge is 0.305 e. The van der Waals surface area contributed by atoms with Gasteiger partial charge in [0.15, 0.2) is 0 Å². The molecule has 1 aromatic heterocycles. The Morgan fingerprint density at radius 1 is 0.833 bits per heavy atom. The highest BCUT2D eigenvalue weighted by molar-refractivity contribution is 6.30. The maximum atomic E-state index is 13.7. The maximum absolute atomic E-state index is 13.7. The molecule has 6 heteroatoms. The zero-order valence-electron chi connectivity index (χ0n) is 12.7. The number of rotatable bonds is 4. The van der Waals surface area contributed by atoms with E-state index in [4.69, 9.17) is 11.6 Å². The SMILES string of the molecule is O=c1c(=O)n(Cc2ccccc2F)ccn1Cc1ccc(Cl)cc1. The van der Waals surface area contributed by atoms with Crippen molar-refractivity contribution in [2.24, 2.45) is 0 Å². The van der Waals surface area contributed by atoms with Crippen molar-refractivity contribution >= 4 is 11.6 Å². The highest BCUT2D eigenvalue weighted by atomic mass is 35.5. The summed E-state index contributed by atoms with van der Waals surface area (Å²) in [6, 6.07) is 13.2. The van der Waals surface area contributed by atoms with Crippen molar-refractivity contribution in [1.29, 1.82) is 0 Å². The molecule has 1 heterocycles. The van der Waals surface area contributed by atoms with Gasteiger partial charge in [0.25, 0.3) is 0 Å². The summed E-state index contributed by atoms with van der Waals surface area (Å²) in [5.41, 5.74) is -0.124. The van der Waals surface area contributed by atoms with Crippen molar-refractivity contribution in [1.82, 2.24) is 9.13 Å². The van der Waals surface area contributed by atoms with Crippen LogP contribution in [-0.4, -0.2) is 9.13 Å². The lowest BCUT2D eigenvalue weighted by molar-refractivity contribution is 0.589. The minimum Gasteiger partial charge on any atom is -0.305 e. The van der Waals surface area contributed by atoms with E-state index >= 15 is 0 Å². The van der Waals surface area contributed by atoms with Gasteiger partial charge in [-0.1, -0.05) is 41.9 Å². The van der Waals surface area contributed by atoms with E-state index in [0.717, 1.165) is 5.56 Å². The molecule has 122 valence electrons. The lowest BCUT2D eigenvalue weighted by Crippen LogP contribution is -2.40. The van der Waals surface area contributed by atoms with Gasteiger partial charge in [0.05, 0.1) is 13.1 Å². The van der Waals surface area contributed by atoms with Crippen molar-refractivity contribution in [2.45, 2.75) is 13.1 Å². The van der Waals surface area contributed by atoms with Crippen LogP contribution in [-0.2, 0) is 13.1 Å². The number of hydrogen-bond acceptors (Lipinski definition) is 2. The Balaban J connectivity index is 1.89. The summed E-state index contributed by atoms with van der Waals surface area (Å²) in [6.45, 7) is 0.286. The number of benzene rings is 2. The predicted octanol–water partition coefficient (Wildman–Crippen LogP) is 2.90. The van der Waals surface area contributed by atoms with Crippen LogP contribution in [0.25, 0.3) is 0 Å². The minimum absolute atomic E-state index is 0.0164. The summed E-state index contributed by atoms with van der Waals surface area (Å²) in [7, 11) is 0. The molecule has 0 spiro atoms. The average Bonchev–Trinajstić information content (AvgIpc) is 2.58. The Hall–Kier alpha value is -2.66. The van der Waals surface area contributed by atoms with Gasteiger partial charge in [-0.3, -0.25) is 9.59 Å². The second-order valence-corrected chi connectivity index (χ2v) is 5.82. The van der Waals surface area contributed by atoms with E-state index in [1.807, 2.05) is 0 Å². The Kier molecular flexibility index (Phi) is 4.62. The molecule has 0 bridgehead atoms. The Morgan fingerprint density at radius 2 is 1.42 bits per heavy atom. The predicted molar refractivity (Wildman–Crippen MR) is 91.0 cm³/mol. The highest BCUT2D eigenvalue weighted by Crippen LogP contribution is 2.10. The molecule has 0 aliphatic heterocycles. The van der Waals surface area contributed by atoms with Crippen LogP contribution in [0.1, 0.15) is 11.1 Å². The Bertz CT molecular complexity index is 977. The van der Waals surface area contributed by atoms with E-state index in [1.54, 1.807) is 42.5 Å². The summed E-state index contributed by atoms with van der Waals surface area (Å²) in [6.07, 6.45) is 3.02. The summed E-state index contributed by atoms with van der Waals surface area (Å²) >= 11 is 5.83. The second-order valence-electron chi connectivity index (χ2n) is 5.38. The monoisotopic (exact) mass is 344 g/mol. The standard InChI is InChI=1S/C18H14ClFN2O2/c19-15-7-5-13(6-8-15)11-21-9-10-22(18(24)17(21)23)12-14-3-1-2-4-16(14)20/h1-10H,11-12H2. The normalized spacial score (nSPS) is 10.8. The third kappa shape index (κ3) is 3.46. The molecule has 24 heavy (non-hydrogen) atoms. The summed E-state index contributed by atoms with van der Waals surface area (Å²) in [4.78, 5) is 24.5. The van der Waals surface area contributed by atoms with Crippen LogP contribution < -0.4 is 11.1 Å². The van der Waals surface area contributed by atoms with Gasteiger partial charge in [-0.05, 0) is 23.8 Å². The zero-order chi connectivity index (χ0) is 17.1. The maximum Gasteiger partial charge on any atom is 0.316 e. The first-order valence-electron chi connectivity index (χ1n) is 7.32. The third-order valence-corrected chi connectivity index (χ3v) is 3.95. The van der Waals surface area contributed by atoms with Gasteiger partial charge < -0.3 is 9.13 Å². The second kappa shape index (κ2) is 6.84. The summed E-state index contributed by atoms with van der Waals surface area (Å²) in [5.74, 6) is -0.408. The fourth-order valence-electron chi connectivity index (χ4n) is 2.39. The molecule has 0 N–H and O–H groups in total. The lowest BCUT2D eigenvalue weighted by atomic mass is 10.2. The molecule has 0 amide bonds. The quantitative estimate of drug-likeness (QED) is 0.683. The van der Waals surface area contributed by atoms with E-state index in [9.17, 15) is 14.0 Å². The van der Waals surface area contributed by atoms with Gasteiger partial charge in [0.1, 0.15) is 5.82 Å². The molecule has 0 saturated heterocycles. The van der Waals surface area contributed by atoms with E-state index in [-0.39, 0.29) is 13.1 Å². The molecule has 0 aliphatic rings. The lowest BCUT2D eigenvalue weighted by Gasteiger charge is -2.10. The van der Waals surface area contributed by atoms with Crippen molar-refractivity contribution < 1.29 is 4.39 Å². The Morgan fingerprint density at radius 3 is 2.04 bits per heavy atom. The first-order valence-corrected chi connectivity index (χ1v) is 7.70. The Labute approximate surface area is 142 Å².